The number of amides is 1. The monoisotopic (exact) mass is 396 g/mol. The largest absolute Gasteiger partial charge is 0.497 e. The van der Waals surface area contributed by atoms with E-state index in [0.717, 1.165) is 24.5 Å². The van der Waals surface area contributed by atoms with Gasteiger partial charge in [0.25, 0.3) is 5.91 Å². The van der Waals surface area contributed by atoms with Crippen LogP contribution in [0.5, 0.6) is 5.75 Å². The van der Waals surface area contributed by atoms with Crippen LogP contribution >= 0.6 is 0 Å². The van der Waals surface area contributed by atoms with E-state index in [2.05, 4.69) is 28.1 Å². The molecule has 154 valence electrons. The first kappa shape index (κ1) is 19.7. The number of carbonyl (C=O) groups is 1. The molecule has 0 aliphatic carbocycles. The Morgan fingerprint density at radius 1 is 1.03 bits per heavy atom. The Labute approximate surface area is 171 Å². The molecule has 2 aromatic carbocycles. The molecule has 7 nitrogen and oxygen atoms in total. The van der Waals surface area contributed by atoms with Crippen molar-refractivity contribution in [3.63, 3.8) is 0 Å². The molecule has 0 spiro atoms. The van der Waals surface area contributed by atoms with E-state index in [1.807, 2.05) is 41.3 Å². The van der Waals surface area contributed by atoms with Crippen LogP contribution in [0.25, 0.3) is 0 Å². The van der Waals surface area contributed by atoms with Crippen molar-refractivity contribution in [3.8, 4) is 5.75 Å². The van der Waals surface area contributed by atoms with E-state index < -0.39 is 0 Å². The van der Waals surface area contributed by atoms with E-state index in [4.69, 9.17) is 9.47 Å². The van der Waals surface area contributed by atoms with Crippen molar-refractivity contribution in [2.75, 3.05) is 51.8 Å². The number of nitrogens with one attached hydrogen (secondary N) is 3. The molecule has 2 heterocycles. The lowest BCUT2D eigenvalue weighted by molar-refractivity contribution is 0.0303. The molecule has 2 aromatic rings. The maximum Gasteiger partial charge on any atom is 0.254 e. The summed E-state index contributed by atoms with van der Waals surface area (Å²) < 4.78 is 10.5. The van der Waals surface area contributed by atoms with Crippen molar-refractivity contribution in [2.24, 2.45) is 0 Å². The van der Waals surface area contributed by atoms with E-state index >= 15 is 0 Å². The fraction of sp³-hybridized carbons (Fsp3) is 0.409. The average molecular weight is 396 g/mol. The molecule has 4 rings (SSSR count). The summed E-state index contributed by atoms with van der Waals surface area (Å²) in [5, 5.41) is 10.4. The Morgan fingerprint density at radius 3 is 2.31 bits per heavy atom. The van der Waals surface area contributed by atoms with Gasteiger partial charge < -0.3 is 19.7 Å². The van der Waals surface area contributed by atoms with Crippen LogP contribution in [0, 0.1) is 0 Å². The van der Waals surface area contributed by atoms with Gasteiger partial charge in [-0.1, -0.05) is 12.1 Å². The molecule has 0 radical (unpaired) electrons. The molecule has 3 N–H and O–H groups in total. The lowest BCUT2D eigenvalue weighted by Crippen LogP contribution is -2.55. The second-order valence-electron chi connectivity index (χ2n) is 7.35. The molecule has 0 atom stereocenters. The highest BCUT2D eigenvalue weighted by atomic mass is 16.5. The molecule has 0 bridgehead atoms. The topological polar surface area (TPSA) is 74.9 Å². The molecule has 2 aliphatic rings. The number of hydrogen-bond acceptors (Lipinski definition) is 6. The lowest BCUT2D eigenvalue weighted by Gasteiger charge is -2.32. The van der Waals surface area contributed by atoms with Gasteiger partial charge in [0.05, 0.1) is 20.3 Å². The lowest BCUT2D eigenvalue weighted by atomic mass is 9.97. The molecule has 2 saturated heterocycles. The summed E-state index contributed by atoms with van der Waals surface area (Å²) in [6, 6.07) is 15.9. The highest BCUT2D eigenvalue weighted by Crippen LogP contribution is 2.21. The van der Waals surface area contributed by atoms with Crippen LogP contribution in [0.1, 0.15) is 21.8 Å². The second-order valence-corrected chi connectivity index (χ2v) is 7.35. The SMILES string of the molecule is COc1ccc(C2CNC(Nc3ccc(C(=O)N4CCOCC4)cc3)NC2)cc1. The summed E-state index contributed by atoms with van der Waals surface area (Å²) in [6.45, 7) is 4.30. The molecular weight excluding hydrogens is 368 g/mol. The molecule has 0 saturated carbocycles. The minimum absolute atomic E-state index is 0.00899. The number of ether oxygens (including phenoxy) is 2. The van der Waals surface area contributed by atoms with Gasteiger partial charge >= 0.3 is 0 Å². The fourth-order valence-electron chi connectivity index (χ4n) is 3.70. The number of methoxy groups -OCH3 is 1. The van der Waals surface area contributed by atoms with Crippen molar-refractivity contribution >= 4 is 11.6 Å². The number of rotatable bonds is 5. The van der Waals surface area contributed by atoms with Gasteiger partial charge in [-0.25, -0.2) is 0 Å². The van der Waals surface area contributed by atoms with Crippen LogP contribution in [-0.4, -0.2) is 63.6 Å². The molecule has 0 aromatic heterocycles. The van der Waals surface area contributed by atoms with Gasteiger partial charge in [0.2, 0.25) is 0 Å². The van der Waals surface area contributed by atoms with E-state index in [0.29, 0.717) is 37.8 Å². The summed E-state index contributed by atoms with van der Waals surface area (Å²) in [5.41, 5.74) is 2.97. The normalized spacial score (nSPS) is 22.2. The number of anilines is 1. The van der Waals surface area contributed by atoms with Crippen molar-refractivity contribution in [1.82, 2.24) is 15.5 Å². The predicted octanol–water partition coefficient (Wildman–Crippen LogP) is 1.84. The molecule has 1 amide bonds. The smallest absolute Gasteiger partial charge is 0.254 e. The van der Waals surface area contributed by atoms with Crippen LogP contribution in [-0.2, 0) is 4.74 Å². The molecular formula is C22H28N4O3. The van der Waals surface area contributed by atoms with Crippen molar-refractivity contribution < 1.29 is 14.3 Å². The summed E-state index contributed by atoms with van der Waals surface area (Å²) in [6.07, 6.45) is -0.00899. The summed E-state index contributed by atoms with van der Waals surface area (Å²) >= 11 is 0. The van der Waals surface area contributed by atoms with Gasteiger partial charge in [-0.05, 0) is 42.0 Å². The van der Waals surface area contributed by atoms with Crippen LogP contribution in [0.2, 0.25) is 0 Å². The minimum Gasteiger partial charge on any atom is -0.497 e. The van der Waals surface area contributed by atoms with Gasteiger partial charge in [-0.3, -0.25) is 15.4 Å². The predicted molar refractivity (Wildman–Crippen MR) is 112 cm³/mol. The van der Waals surface area contributed by atoms with Crippen molar-refractivity contribution in [3.05, 3.63) is 59.7 Å². The average Bonchev–Trinajstić information content (AvgIpc) is 2.80. The van der Waals surface area contributed by atoms with Gasteiger partial charge in [0.15, 0.2) is 0 Å². The highest BCUT2D eigenvalue weighted by Gasteiger charge is 2.22. The third kappa shape index (κ3) is 4.87. The first-order valence-corrected chi connectivity index (χ1v) is 10.1. The Bertz CT molecular complexity index is 796. The fourth-order valence-corrected chi connectivity index (χ4v) is 3.70. The molecule has 7 heteroatoms. The summed E-state index contributed by atoms with van der Waals surface area (Å²) in [7, 11) is 1.68. The van der Waals surface area contributed by atoms with Gasteiger partial charge in [0.1, 0.15) is 12.0 Å². The Balaban J connectivity index is 1.28. The first-order chi connectivity index (χ1) is 14.2. The van der Waals surface area contributed by atoms with Crippen LogP contribution < -0.4 is 20.7 Å². The summed E-state index contributed by atoms with van der Waals surface area (Å²) in [5.74, 6) is 1.35. The zero-order chi connectivity index (χ0) is 20.1. The number of nitrogens with zero attached hydrogens (tertiary/aromatic N) is 1. The molecule has 29 heavy (non-hydrogen) atoms. The van der Waals surface area contributed by atoms with E-state index in [-0.39, 0.29) is 12.2 Å². The number of morpholine rings is 1. The Hall–Kier alpha value is -2.61. The highest BCUT2D eigenvalue weighted by molar-refractivity contribution is 5.94. The van der Waals surface area contributed by atoms with Crippen LogP contribution in [0.4, 0.5) is 5.69 Å². The van der Waals surface area contributed by atoms with Crippen molar-refractivity contribution in [2.45, 2.75) is 12.2 Å². The number of carbonyl (C=O) groups excluding carboxylic acids is 1. The van der Waals surface area contributed by atoms with Crippen LogP contribution in [0.3, 0.4) is 0 Å². The molecule has 0 unspecified atom stereocenters. The zero-order valence-electron chi connectivity index (χ0n) is 16.7. The van der Waals surface area contributed by atoms with E-state index in [1.54, 1.807) is 7.11 Å². The first-order valence-electron chi connectivity index (χ1n) is 10.1. The van der Waals surface area contributed by atoms with Crippen molar-refractivity contribution in [1.29, 1.82) is 0 Å². The third-order valence-corrected chi connectivity index (χ3v) is 5.47. The third-order valence-electron chi connectivity index (χ3n) is 5.47. The number of benzene rings is 2. The molecule has 2 aliphatic heterocycles. The van der Waals surface area contributed by atoms with E-state index in [9.17, 15) is 4.79 Å². The van der Waals surface area contributed by atoms with E-state index in [1.165, 1.54) is 5.56 Å². The molecule has 2 fully saturated rings. The second kappa shape index (κ2) is 9.26. The van der Waals surface area contributed by atoms with Gasteiger partial charge in [-0.2, -0.15) is 0 Å². The quantitative estimate of drug-likeness (QED) is 0.716. The maximum absolute atomic E-state index is 12.5. The maximum atomic E-state index is 12.5. The van der Waals surface area contributed by atoms with Gasteiger partial charge in [0, 0.05) is 43.3 Å². The minimum atomic E-state index is -0.00899. The van der Waals surface area contributed by atoms with Gasteiger partial charge in [-0.15, -0.1) is 0 Å². The Kier molecular flexibility index (Phi) is 6.29. The summed E-state index contributed by atoms with van der Waals surface area (Å²) in [4.78, 5) is 14.4. The standard InChI is InChI=1S/C22H28N4O3/c1-28-20-8-4-16(5-9-20)18-14-23-22(24-15-18)25-19-6-2-17(3-7-19)21(27)26-10-12-29-13-11-26/h2-9,18,22-25H,10-15H2,1H3. The Morgan fingerprint density at radius 2 is 1.69 bits per heavy atom. The van der Waals surface area contributed by atoms with Crippen LogP contribution in [0.15, 0.2) is 48.5 Å². The number of hydrogen-bond donors (Lipinski definition) is 3. The zero-order valence-corrected chi connectivity index (χ0v) is 16.7.